The van der Waals surface area contributed by atoms with Gasteiger partial charge in [0.05, 0.1) is 6.61 Å². The summed E-state index contributed by atoms with van der Waals surface area (Å²) in [6.45, 7) is 0.835. The Hall–Kier alpha value is -2.57. The number of aromatic amines is 1. The number of nitrogens with one attached hydrogen (secondary N) is 1. The Morgan fingerprint density at radius 1 is 1.03 bits per heavy atom. The van der Waals surface area contributed by atoms with Gasteiger partial charge in [-0.15, -0.1) is 0 Å². The van der Waals surface area contributed by atoms with Gasteiger partial charge in [0.25, 0.3) is 5.88 Å². The van der Waals surface area contributed by atoms with Crippen LogP contribution < -0.4 is 9.47 Å². The lowest BCUT2D eigenvalue weighted by molar-refractivity contribution is 0.0678. The highest BCUT2D eigenvalue weighted by Gasteiger charge is 2.26. The number of H-pyrrole nitrogens is 1. The summed E-state index contributed by atoms with van der Waals surface area (Å²) in [5.41, 5.74) is 1.25. The zero-order valence-corrected chi connectivity index (χ0v) is 16.7. The quantitative estimate of drug-likeness (QED) is 0.708. The van der Waals surface area contributed by atoms with E-state index in [1.54, 1.807) is 0 Å². The molecule has 156 valence electrons. The first-order chi connectivity index (χ1) is 14.2. The summed E-state index contributed by atoms with van der Waals surface area (Å²) in [5, 5.41) is 18.8. The molecule has 2 N–H and O–H groups in total. The van der Waals surface area contributed by atoms with E-state index in [1.807, 2.05) is 0 Å². The zero-order valence-electron chi connectivity index (χ0n) is 16.7. The molecule has 2 aromatic rings. The third kappa shape index (κ3) is 5.08. The maximum atomic E-state index is 11.1. The summed E-state index contributed by atoms with van der Waals surface area (Å²) in [7, 11) is 0. The number of hydrogen-bond acceptors (Lipinski definition) is 5. The minimum atomic E-state index is -1.11. The van der Waals surface area contributed by atoms with Gasteiger partial charge in [0.15, 0.2) is 0 Å². The van der Waals surface area contributed by atoms with Crippen molar-refractivity contribution in [3.05, 3.63) is 35.5 Å². The Kier molecular flexibility index (Phi) is 6.32. The van der Waals surface area contributed by atoms with Crippen LogP contribution >= 0.6 is 0 Å². The second kappa shape index (κ2) is 9.29. The molecule has 4 rings (SSSR count). The average molecular weight is 399 g/mol. The fraction of sp³-hybridized carbons (Fsp3) is 0.591. The minimum absolute atomic E-state index is 0.0208. The van der Waals surface area contributed by atoms with Crippen molar-refractivity contribution in [2.24, 2.45) is 5.92 Å². The fourth-order valence-corrected chi connectivity index (χ4v) is 4.52. The van der Waals surface area contributed by atoms with Gasteiger partial charge in [-0.05, 0) is 68.1 Å². The van der Waals surface area contributed by atoms with Crippen molar-refractivity contribution in [2.45, 2.75) is 69.8 Å². The number of carboxylic acid groups (broad SMARTS) is 1. The molecule has 0 spiro atoms. The van der Waals surface area contributed by atoms with E-state index in [2.05, 4.69) is 39.7 Å². The highest BCUT2D eigenvalue weighted by molar-refractivity contribution is 5.87. The van der Waals surface area contributed by atoms with Gasteiger partial charge in [-0.1, -0.05) is 41.7 Å². The first-order valence-electron chi connectivity index (χ1n) is 10.7. The molecule has 1 aromatic carbocycles. The summed E-state index contributed by atoms with van der Waals surface area (Å²) in [4.78, 5) is 11.1. The van der Waals surface area contributed by atoms with Crippen LogP contribution in [0.5, 0.6) is 11.6 Å². The minimum Gasteiger partial charge on any atom is -0.493 e. The SMILES string of the molecule is O=C(O)c1[nH]nnc1O[C@H]1CC[C@H](c2ccc(OCC3CCCCC3)cc2)CC1. The summed E-state index contributed by atoms with van der Waals surface area (Å²) in [5.74, 6) is 1.15. The largest absolute Gasteiger partial charge is 0.493 e. The summed E-state index contributed by atoms with van der Waals surface area (Å²) < 4.78 is 11.8. The average Bonchev–Trinajstić information content (AvgIpc) is 3.22. The standard InChI is InChI=1S/C22H29N3O4/c26-22(27)20-21(24-25-23-20)29-19-12-8-17(9-13-19)16-6-10-18(11-7-16)28-14-15-4-2-1-3-5-15/h6-7,10-11,15,17,19H,1-5,8-9,12-14H2,(H,26,27)(H,23,24,25)/t17-,19-. The van der Waals surface area contributed by atoms with Crippen molar-refractivity contribution in [2.75, 3.05) is 6.61 Å². The molecule has 2 aliphatic carbocycles. The molecule has 1 heterocycles. The second-order valence-electron chi connectivity index (χ2n) is 8.27. The van der Waals surface area contributed by atoms with Crippen LogP contribution in [0.1, 0.15) is 79.8 Å². The highest BCUT2D eigenvalue weighted by Crippen LogP contribution is 2.35. The summed E-state index contributed by atoms with van der Waals surface area (Å²) in [6.07, 6.45) is 10.4. The molecule has 29 heavy (non-hydrogen) atoms. The molecular weight excluding hydrogens is 370 g/mol. The van der Waals surface area contributed by atoms with E-state index >= 15 is 0 Å². The molecule has 2 saturated carbocycles. The third-order valence-corrected chi connectivity index (χ3v) is 6.24. The van der Waals surface area contributed by atoms with Crippen LogP contribution in [-0.2, 0) is 0 Å². The first kappa shape index (κ1) is 19.7. The normalized spacial score (nSPS) is 22.9. The number of hydrogen-bond donors (Lipinski definition) is 2. The zero-order chi connectivity index (χ0) is 20.1. The van der Waals surface area contributed by atoms with Gasteiger partial charge >= 0.3 is 5.97 Å². The van der Waals surface area contributed by atoms with Crippen molar-refractivity contribution in [1.29, 1.82) is 0 Å². The number of benzene rings is 1. The van der Waals surface area contributed by atoms with Gasteiger partial charge in [-0.25, -0.2) is 9.89 Å². The Bertz CT molecular complexity index is 791. The van der Waals surface area contributed by atoms with E-state index in [0.29, 0.717) is 11.8 Å². The molecule has 0 unspecified atom stereocenters. The van der Waals surface area contributed by atoms with Crippen molar-refractivity contribution in [3.8, 4) is 11.6 Å². The highest BCUT2D eigenvalue weighted by atomic mass is 16.5. The number of aromatic carboxylic acids is 1. The topological polar surface area (TPSA) is 97.3 Å². The molecule has 0 amide bonds. The molecule has 7 heteroatoms. The monoisotopic (exact) mass is 399 g/mol. The summed E-state index contributed by atoms with van der Waals surface area (Å²) >= 11 is 0. The molecule has 0 bridgehead atoms. The number of ether oxygens (including phenoxy) is 2. The van der Waals surface area contributed by atoms with Gasteiger partial charge in [-0.2, -0.15) is 0 Å². The molecule has 1 aromatic heterocycles. The maximum Gasteiger partial charge on any atom is 0.359 e. The second-order valence-corrected chi connectivity index (χ2v) is 8.27. The number of nitrogens with zero attached hydrogens (tertiary/aromatic N) is 2. The van der Waals surface area contributed by atoms with E-state index in [0.717, 1.165) is 38.0 Å². The molecule has 2 aliphatic rings. The molecule has 7 nitrogen and oxygen atoms in total. The summed E-state index contributed by atoms with van der Waals surface area (Å²) in [6, 6.07) is 8.55. The van der Waals surface area contributed by atoms with E-state index in [1.165, 1.54) is 37.7 Å². The van der Waals surface area contributed by atoms with Gasteiger partial charge in [0, 0.05) is 0 Å². The van der Waals surface area contributed by atoms with E-state index in [-0.39, 0.29) is 17.7 Å². The maximum absolute atomic E-state index is 11.1. The van der Waals surface area contributed by atoms with Gasteiger partial charge in [0.1, 0.15) is 11.9 Å². The van der Waals surface area contributed by atoms with Crippen molar-refractivity contribution in [3.63, 3.8) is 0 Å². The van der Waals surface area contributed by atoms with E-state index in [4.69, 9.17) is 14.6 Å². The van der Waals surface area contributed by atoms with Crippen LogP contribution in [0, 0.1) is 5.92 Å². The van der Waals surface area contributed by atoms with Crippen LogP contribution in [0.25, 0.3) is 0 Å². The number of carbonyl (C=O) groups is 1. The van der Waals surface area contributed by atoms with Crippen LogP contribution in [-0.4, -0.2) is 39.2 Å². The smallest absolute Gasteiger partial charge is 0.359 e. The molecule has 2 fully saturated rings. The Balaban J connectivity index is 1.25. The molecule has 0 radical (unpaired) electrons. The van der Waals surface area contributed by atoms with Gasteiger partial charge in [-0.3, -0.25) is 0 Å². The lowest BCUT2D eigenvalue weighted by Gasteiger charge is -2.28. The number of carboxylic acids is 1. The van der Waals surface area contributed by atoms with Crippen molar-refractivity contribution < 1.29 is 19.4 Å². The number of aromatic nitrogens is 3. The Morgan fingerprint density at radius 3 is 2.45 bits per heavy atom. The predicted molar refractivity (Wildman–Crippen MR) is 107 cm³/mol. The van der Waals surface area contributed by atoms with Crippen LogP contribution in [0.4, 0.5) is 0 Å². The van der Waals surface area contributed by atoms with Crippen molar-refractivity contribution >= 4 is 5.97 Å². The molecule has 0 atom stereocenters. The molecular formula is C22H29N3O4. The van der Waals surface area contributed by atoms with E-state index < -0.39 is 5.97 Å². The van der Waals surface area contributed by atoms with Gasteiger partial charge < -0.3 is 14.6 Å². The Labute approximate surface area is 170 Å². The molecule has 0 aliphatic heterocycles. The van der Waals surface area contributed by atoms with Crippen molar-refractivity contribution in [1.82, 2.24) is 15.4 Å². The lowest BCUT2D eigenvalue weighted by atomic mass is 9.83. The fourth-order valence-electron chi connectivity index (χ4n) is 4.52. The van der Waals surface area contributed by atoms with E-state index in [9.17, 15) is 4.79 Å². The van der Waals surface area contributed by atoms with Crippen LogP contribution in [0.3, 0.4) is 0 Å². The predicted octanol–water partition coefficient (Wildman–Crippen LogP) is 4.57. The lowest BCUT2D eigenvalue weighted by Crippen LogP contribution is -2.24. The van der Waals surface area contributed by atoms with Crippen LogP contribution in [0.15, 0.2) is 24.3 Å². The van der Waals surface area contributed by atoms with Gasteiger partial charge in [0.2, 0.25) is 5.69 Å². The number of rotatable bonds is 7. The van der Waals surface area contributed by atoms with Crippen LogP contribution in [0.2, 0.25) is 0 Å². The Morgan fingerprint density at radius 2 is 1.76 bits per heavy atom. The third-order valence-electron chi connectivity index (χ3n) is 6.24. The first-order valence-corrected chi connectivity index (χ1v) is 10.7. The molecule has 0 saturated heterocycles.